The van der Waals surface area contributed by atoms with E-state index in [1.54, 1.807) is 14.0 Å². The number of piperidine rings is 1. The molecule has 1 aliphatic carbocycles. The third kappa shape index (κ3) is 5.90. The van der Waals surface area contributed by atoms with Crippen LogP contribution in [0.3, 0.4) is 0 Å². The standard InChI is InChI=1S/C27H34N2O3/c1-20(30)28-14-12-22(13-15-28)16-21-6-8-23(9-7-21)19-29(25-10-11-25)27(31)18-24-4-3-5-26(17-24)32-2/h3-9,17,22,25H,10-16,18-19H2,1-2H3. The van der Waals surface area contributed by atoms with E-state index in [4.69, 9.17) is 4.74 Å². The Labute approximate surface area is 191 Å². The number of nitrogens with zero attached hydrogens (tertiary/aromatic N) is 2. The van der Waals surface area contributed by atoms with Crippen molar-refractivity contribution < 1.29 is 14.3 Å². The molecule has 1 saturated heterocycles. The van der Waals surface area contributed by atoms with Crippen LogP contribution in [0.25, 0.3) is 0 Å². The number of likely N-dealkylation sites (tertiary alicyclic amines) is 1. The largest absolute Gasteiger partial charge is 0.497 e. The van der Waals surface area contributed by atoms with Crippen molar-refractivity contribution in [3.8, 4) is 5.75 Å². The maximum Gasteiger partial charge on any atom is 0.227 e. The second-order valence-electron chi connectivity index (χ2n) is 9.25. The first-order valence-corrected chi connectivity index (χ1v) is 11.8. The molecule has 0 N–H and O–H groups in total. The summed E-state index contributed by atoms with van der Waals surface area (Å²) in [5.41, 5.74) is 3.52. The highest BCUT2D eigenvalue weighted by molar-refractivity contribution is 5.79. The van der Waals surface area contributed by atoms with Crippen molar-refractivity contribution in [2.45, 2.75) is 58.0 Å². The van der Waals surface area contributed by atoms with Crippen LogP contribution in [0.4, 0.5) is 0 Å². The minimum absolute atomic E-state index is 0.182. The summed E-state index contributed by atoms with van der Waals surface area (Å²) in [5.74, 6) is 1.80. The minimum Gasteiger partial charge on any atom is -0.497 e. The molecule has 0 unspecified atom stereocenters. The Hall–Kier alpha value is -2.82. The fourth-order valence-electron chi connectivity index (χ4n) is 4.63. The van der Waals surface area contributed by atoms with E-state index in [1.807, 2.05) is 34.1 Å². The zero-order valence-corrected chi connectivity index (χ0v) is 19.3. The highest BCUT2D eigenvalue weighted by atomic mass is 16.5. The van der Waals surface area contributed by atoms with Gasteiger partial charge in [-0.1, -0.05) is 36.4 Å². The molecule has 0 spiro atoms. The van der Waals surface area contributed by atoms with Gasteiger partial charge in [0.25, 0.3) is 0 Å². The third-order valence-corrected chi connectivity index (χ3v) is 6.76. The molecule has 32 heavy (non-hydrogen) atoms. The maximum absolute atomic E-state index is 13.1. The number of ether oxygens (including phenoxy) is 1. The molecule has 4 rings (SSSR count). The average Bonchev–Trinajstić information content (AvgIpc) is 3.64. The topological polar surface area (TPSA) is 49.9 Å². The van der Waals surface area contributed by atoms with Crippen molar-refractivity contribution in [3.05, 3.63) is 65.2 Å². The summed E-state index contributed by atoms with van der Waals surface area (Å²) >= 11 is 0. The predicted molar refractivity (Wildman–Crippen MR) is 125 cm³/mol. The summed E-state index contributed by atoms with van der Waals surface area (Å²) in [5, 5.41) is 0. The van der Waals surface area contributed by atoms with Gasteiger partial charge < -0.3 is 14.5 Å². The van der Waals surface area contributed by atoms with Gasteiger partial charge in [-0.05, 0) is 66.8 Å². The van der Waals surface area contributed by atoms with E-state index < -0.39 is 0 Å². The monoisotopic (exact) mass is 434 g/mol. The average molecular weight is 435 g/mol. The summed E-state index contributed by atoms with van der Waals surface area (Å²) < 4.78 is 5.29. The zero-order chi connectivity index (χ0) is 22.5. The van der Waals surface area contributed by atoms with Gasteiger partial charge in [-0.15, -0.1) is 0 Å². The number of methoxy groups -OCH3 is 1. The van der Waals surface area contributed by atoms with Gasteiger partial charge in [-0.2, -0.15) is 0 Å². The summed E-state index contributed by atoms with van der Waals surface area (Å²) in [4.78, 5) is 28.6. The fourth-order valence-corrected chi connectivity index (χ4v) is 4.63. The highest BCUT2D eigenvalue weighted by Crippen LogP contribution is 2.30. The number of hydrogen-bond donors (Lipinski definition) is 0. The number of carbonyl (C=O) groups is 2. The molecule has 2 aromatic carbocycles. The Kier molecular flexibility index (Phi) is 7.13. The lowest BCUT2D eigenvalue weighted by Crippen LogP contribution is -2.37. The molecule has 1 saturated carbocycles. The lowest BCUT2D eigenvalue weighted by atomic mass is 9.90. The number of benzene rings is 2. The van der Waals surface area contributed by atoms with Gasteiger partial charge in [-0.3, -0.25) is 9.59 Å². The van der Waals surface area contributed by atoms with Crippen LogP contribution in [-0.4, -0.2) is 47.9 Å². The number of amides is 2. The molecule has 2 amide bonds. The lowest BCUT2D eigenvalue weighted by molar-refractivity contribution is -0.132. The van der Waals surface area contributed by atoms with Crippen LogP contribution in [0.1, 0.15) is 49.3 Å². The van der Waals surface area contributed by atoms with E-state index in [0.29, 0.717) is 24.9 Å². The second kappa shape index (κ2) is 10.2. The predicted octanol–water partition coefficient (Wildman–Crippen LogP) is 4.23. The Morgan fingerprint density at radius 3 is 2.28 bits per heavy atom. The molecule has 170 valence electrons. The second-order valence-corrected chi connectivity index (χ2v) is 9.25. The van der Waals surface area contributed by atoms with E-state index >= 15 is 0 Å². The van der Waals surface area contributed by atoms with Crippen LogP contribution in [0.2, 0.25) is 0 Å². The van der Waals surface area contributed by atoms with Gasteiger partial charge in [0.05, 0.1) is 13.5 Å². The molecule has 0 bridgehead atoms. The van der Waals surface area contributed by atoms with Crippen molar-refractivity contribution >= 4 is 11.8 Å². The van der Waals surface area contributed by atoms with Crippen molar-refractivity contribution in [1.82, 2.24) is 9.80 Å². The quantitative estimate of drug-likeness (QED) is 0.625. The first-order chi connectivity index (χ1) is 15.5. The Morgan fingerprint density at radius 1 is 0.969 bits per heavy atom. The van der Waals surface area contributed by atoms with Crippen molar-refractivity contribution in [1.29, 1.82) is 0 Å². The van der Waals surface area contributed by atoms with E-state index in [1.165, 1.54) is 11.1 Å². The van der Waals surface area contributed by atoms with Gasteiger partial charge in [0.2, 0.25) is 11.8 Å². The smallest absolute Gasteiger partial charge is 0.227 e. The van der Waals surface area contributed by atoms with Crippen LogP contribution in [0, 0.1) is 5.92 Å². The molecular formula is C27H34N2O3. The lowest BCUT2D eigenvalue weighted by Gasteiger charge is -2.31. The molecular weight excluding hydrogens is 400 g/mol. The van der Waals surface area contributed by atoms with Crippen LogP contribution < -0.4 is 4.74 Å². The first-order valence-electron chi connectivity index (χ1n) is 11.8. The minimum atomic E-state index is 0.182. The highest BCUT2D eigenvalue weighted by Gasteiger charge is 2.32. The van der Waals surface area contributed by atoms with Gasteiger partial charge in [-0.25, -0.2) is 0 Å². The van der Waals surface area contributed by atoms with Gasteiger partial charge in [0, 0.05) is 32.6 Å². The van der Waals surface area contributed by atoms with Crippen LogP contribution in [0.5, 0.6) is 5.75 Å². The van der Waals surface area contributed by atoms with Crippen molar-refractivity contribution in [2.75, 3.05) is 20.2 Å². The van der Waals surface area contributed by atoms with Crippen molar-refractivity contribution in [3.63, 3.8) is 0 Å². The number of carbonyl (C=O) groups excluding carboxylic acids is 2. The van der Waals surface area contributed by atoms with Gasteiger partial charge in [0.1, 0.15) is 5.75 Å². The zero-order valence-electron chi connectivity index (χ0n) is 19.3. The summed E-state index contributed by atoms with van der Waals surface area (Å²) in [7, 11) is 1.65. The van der Waals surface area contributed by atoms with Crippen LogP contribution in [0.15, 0.2) is 48.5 Å². The SMILES string of the molecule is COc1cccc(CC(=O)N(Cc2ccc(CC3CCN(C(C)=O)CC3)cc2)C2CC2)c1. The Morgan fingerprint density at radius 2 is 1.66 bits per heavy atom. The van der Waals surface area contributed by atoms with E-state index in [9.17, 15) is 9.59 Å². The third-order valence-electron chi connectivity index (χ3n) is 6.76. The van der Waals surface area contributed by atoms with Crippen LogP contribution in [-0.2, 0) is 29.0 Å². The number of rotatable bonds is 8. The van der Waals surface area contributed by atoms with Crippen LogP contribution >= 0.6 is 0 Å². The van der Waals surface area contributed by atoms with Crippen molar-refractivity contribution in [2.24, 2.45) is 5.92 Å². The summed E-state index contributed by atoms with van der Waals surface area (Å²) in [6, 6.07) is 16.9. The molecule has 1 heterocycles. The molecule has 0 aromatic heterocycles. The van der Waals surface area contributed by atoms with E-state index in [0.717, 1.165) is 56.5 Å². The molecule has 5 nitrogen and oxygen atoms in total. The molecule has 5 heteroatoms. The van der Waals surface area contributed by atoms with Gasteiger partial charge >= 0.3 is 0 Å². The normalized spacial score (nSPS) is 16.6. The van der Waals surface area contributed by atoms with E-state index in [2.05, 4.69) is 24.3 Å². The molecule has 1 aliphatic heterocycles. The Bertz CT molecular complexity index is 928. The molecule has 0 atom stereocenters. The molecule has 2 fully saturated rings. The fraction of sp³-hybridized carbons (Fsp3) is 0.481. The summed E-state index contributed by atoms with van der Waals surface area (Å²) in [6.45, 7) is 4.09. The molecule has 2 aromatic rings. The molecule has 0 radical (unpaired) electrons. The number of hydrogen-bond acceptors (Lipinski definition) is 3. The maximum atomic E-state index is 13.1. The Balaban J connectivity index is 1.33. The first kappa shape index (κ1) is 22.4. The van der Waals surface area contributed by atoms with Gasteiger partial charge in [0.15, 0.2) is 0 Å². The molecule has 2 aliphatic rings. The summed E-state index contributed by atoms with van der Waals surface area (Å²) in [6.07, 6.45) is 5.82. The van der Waals surface area contributed by atoms with E-state index in [-0.39, 0.29) is 11.8 Å².